The molecule has 11 atom stereocenters. The topological polar surface area (TPSA) is 80.9 Å². The van der Waals surface area contributed by atoms with Crippen molar-refractivity contribution in [3.8, 4) is 0 Å². The van der Waals surface area contributed by atoms with Gasteiger partial charge in [-0.1, -0.05) is 34.3 Å². The van der Waals surface area contributed by atoms with Crippen LogP contribution in [0.4, 0.5) is 0 Å². The van der Waals surface area contributed by atoms with E-state index in [1.807, 2.05) is 0 Å². The second kappa shape index (κ2) is 8.04. The Labute approximate surface area is 207 Å². The van der Waals surface area contributed by atoms with Gasteiger partial charge in [-0.05, 0) is 121 Å². The number of aliphatic hydroxyl groups is 4. The van der Waals surface area contributed by atoms with Crippen LogP contribution in [0.1, 0.15) is 91.9 Å². The largest absolute Gasteiger partial charge is 0.396 e. The number of aliphatic hydroxyl groups excluding tert-OH is 4. The van der Waals surface area contributed by atoms with Crippen molar-refractivity contribution in [3.63, 3.8) is 0 Å². The molecular formula is C30H50O4. The first-order chi connectivity index (χ1) is 16.0. The number of rotatable bonds is 4. The van der Waals surface area contributed by atoms with E-state index in [1.54, 1.807) is 0 Å². The van der Waals surface area contributed by atoms with Crippen LogP contribution in [0, 0.1) is 56.7 Å². The van der Waals surface area contributed by atoms with Crippen LogP contribution in [0.15, 0.2) is 12.2 Å². The van der Waals surface area contributed by atoms with E-state index in [1.165, 1.54) is 19.3 Å². The molecule has 0 amide bonds. The molecule has 34 heavy (non-hydrogen) atoms. The van der Waals surface area contributed by atoms with Gasteiger partial charge in [0, 0.05) is 12.0 Å². The first-order valence-corrected chi connectivity index (χ1v) is 14.2. The second-order valence-corrected chi connectivity index (χ2v) is 14.4. The minimum atomic E-state index is -0.407. The fourth-order valence-electron chi connectivity index (χ4n) is 11.6. The number of fused-ring (bicyclic) bond motifs is 7. The van der Waals surface area contributed by atoms with Gasteiger partial charge in [-0.15, -0.1) is 0 Å². The lowest BCUT2D eigenvalue weighted by atomic mass is 9.32. The minimum absolute atomic E-state index is 0.00165. The van der Waals surface area contributed by atoms with E-state index in [2.05, 4.69) is 34.3 Å². The summed E-state index contributed by atoms with van der Waals surface area (Å²) >= 11 is 0. The molecule has 5 fully saturated rings. The van der Waals surface area contributed by atoms with Crippen molar-refractivity contribution in [1.29, 1.82) is 0 Å². The Morgan fingerprint density at radius 1 is 0.765 bits per heavy atom. The van der Waals surface area contributed by atoms with Crippen LogP contribution in [0.5, 0.6) is 0 Å². The molecule has 0 aromatic heterocycles. The zero-order valence-electron chi connectivity index (χ0n) is 22.2. The summed E-state index contributed by atoms with van der Waals surface area (Å²) in [5.74, 6) is 2.27. The highest BCUT2D eigenvalue weighted by molar-refractivity contribution is 5.22. The highest BCUT2D eigenvalue weighted by atomic mass is 16.3. The molecule has 5 rings (SSSR count). The van der Waals surface area contributed by atoms with Crippen LogP contribution in [-0.2, 0) is 0 Å². The summed E-state index contributed by atoms with van der Waals surface area (Å²) < 4.78 is 0. The molecule has 5 aliphatic carbocycles. The van der Waals surface area contributed by atoms with Crippen LogP contribution >= 0.6 is 0 Å². The zero-order valence-corrected chi connectivity index (χ0v) is 22.2. The smallest absolute Gasteiger partial charge is 0.0641 e. The maximum atomic E-state index is 10.9. The highest BCUT2D eigenvalue weighted by Crippen LogP contribution is 2.77. The van der Waals surface area contributed by atoms with Crippen molar-refractivity contribution in [2.45, 2.75) is 98.0 Å². The van der Waals surface area contributed by atoms with E-state index in [0.29, 0.717) is 29.6 Å². The SMILES string of the molecule is C=C(CO)[C@@H]1CC[C@]2(CO)CC[C@]3(C)[C@H](CC[C@@H]4[C@@]5(C)CCC(O)C(C)(CO)[C@@H]5CC[C@]43C)[C@@H]12. The molecule has 5 aliphatic rings. The lowest BCUT2D eigenvalue weighted by Gasteiger charge is -2.73. The monoisotopic (exact) mass is 474 g/mol. The normalized spacial score (nSPS) is 56.7. The molecule has 0 spiro atoms. The quantitative estimate of drug-likeness (QED) is 0.435. The van der Waals surface area contributed by atoms with E-state index >= 15 is 0 Å². The first-order valence-electron chi connectivity index (χ1n) is 14.2. The first kappa shape index (κ1) is 25.2. The van der Waals surface area contributed by atoms with Gasteiger partial charge < -0.3 is 20.4 Å². The van der Waals surface area contributed by atoms with Gasteiger partial charge in [0.05, 0.1) is 19.3 Å². The molecule has 194 valence electrons. The summed E-state index contributed by atoms with van der Waals surface area (Å²) in [7, 11) is 0. The summed E-state index contributed by atoms with van der Waals surface area (Å²) in [6.07, 6.45) is 10.5. The standard InChI is InChI=1S/C30H50O4/c1-19(16-31)20-8-13-30(18-33)15-14-28(4)21(25(20)30)6-7-23-26(2)11-10-24(34)27(3,17-32)22(26)9-12-29(23,28)5/h20-25,31-34H,1,6-18H2,2-5H3/t20-,21+,22+,23+,24?,25+,26-,27?,28+,29+,30+/m0/s1. The van der Waals surface area contributed by atoms with Crippen LogP contribution in [0.25, 0.3) is 0 Å². The van der Waals surface area contributed by atoms with Crippen molar-refractivity contribution < 1.29 is 20.4 Å². The van der Waals surface area contributed by atoms with Crippen LogP contribution in [-0.4, -0.2) is 46.4 Å². The van der Waals surface area contributed by atoms with E-state index in [9.17, 15) is 20.4 Å². The number of hydrogen-bond acceptors (Lipinski definition) is 4. The molecule has 4 heteroatoms. The molecule has 0 heterocycles. The van der Waals surface area contributed by atoms with Crippen molar-refractivity contribution in [3.05, 3.63) is 12.2 Å². The van der Waals surface area contributed by atoms with Crippen LogP contribution in [0.3, 0.4) is 0 Å². The third-order valence-electron chi connectivity index (χ3n) is 13.8. The van der Waals surface area contributed by atoms with Gasteiger partial charge in [0.2, 0.25) is 0 Å². The molecule has 4 N–H and O–H groups in total. The average Bonchev–Trinajstić information content (AvgIpc) is 3.22. The Balaban J connectivity index is 1.54. The summed E-state index contributed by atoms with van der Waals surface area (Å²) in [6.45, 7) is 14.5. The molecule has 0 bridgehead atoms. The molecule has 5 saturated carbocycles. The fraction of sp³-hybridized carbons (Fsp3) is 0.933. The van der Waals surface area contributed by atoms with E-state index in [0.717, 1.165) is 50.5 Å². The molecule has 0 saturated heterocycles. The van der Waals surface area contributed by atoms with Crippen molar-refractivity contribution in [2.75, 3.05) is 19.8 Å². The molecule has 4 nitrogen and oxygen atoms in total. The van der Waals surface area contributed by atoms with Gasteiger partial charge in [0.1, 0.15) is 0 Å². The third kappa shape index (κ3) is 2.92. The lowest BCUT2D eigenvalue weighted by Crippen LogP contribution is -2.67. The Morgan fingerprint density at radius 2 is 1.50 bits per heavy atom. The third-order valence-corrected chi connectivity index (χ3v) is 13.8. The molecule has 0 radical (unpaired) electrons. The maximum Gasteiger partial charge on any atom is 0.0641 e. The Morgan fingerprint density at radius 3 is 2.15 bits per heavy atom. The molecular weight excluding hydrogens is 424 g/mol. The van der Waals surface area contributed by atoms with Gasteiger partial charge >= 0.3 is 0 Å². The summed E-state index contributed by atoms with van der Waals surface area (Å²) in [4.78, 5) is 0. The van der Waals surface area contributed by atoms with Gasteiger partial charge in [-0.2, -0.15) is 0 Å². The Hall–Kier alpha value is -0.420. The maximum absolute atomic E-state index is 10.9. The summed E-state index contributed by atoms with van der Waals surface area (Å²) in [5.41, 5.74) is 1.15. The van der Waals surface area contributed by atoms with Crippen LogP contribution < -0.4 is 0 Å². The van der Waals surface area contributed by atoms with E-state index in [4.69, 9.17) is 0 Å². The van der Waals surface area contributed by atoms with E-state index in [-0.39, 0.29) is 41.5 Å². The summed E-state index contributed by atoms with van der Waals surface area (Å²) in [5, 5.41) is 42.0. The van der Waals surface area contributed by atoms with Crippen molar-refractivity contribution in [2.24, 2.45) is 56.7 Å². The Bertz CT molecular complexity index is 827. The average molecular weight is 475 g/mol. The van der Waals surface area contributed by atoms with Crippen molar-refractivity contribution in [1.82, 2.24) is 0 Å². The highest BCUT2D eigenvalue weighted by Gasteiger charge is 2.71. The molecule has 0 aromatic rings. The molecule has 0 aliphatic heterocycles. The predicted molar refractivity (Wildman–Crippen MR) is 135 cm³/mol. The summed E-state index contributed by atoms with van der Waals surface area (Å²) in [6, 6.07) is 0. The zero-order chi connectivity index (χ0) is 24.7. The molecule has 2 unspecified atom stereocenters. The van der Waals surface area contributed by atoms with Crippen LogP contribution in [0.2, 0.25) is 0 Å². The predicted octanol–water partition coefficient (Wildman–Crippen LogP) is 4.94. The van der Waals surface area contributed by atoms with Gasteiger partial charge in [-0.3, -0.25) is 0 Å². The lowest BCUT2D eigenvalue weighted by molar-refractivity contribution is -0.255. The van der Waals surface area contributed by atoms with E-state index < -0.39 is 11.5 Å². The fourth-order valence-corrected chi connectivity index (χ4v) is 11.6. The minimum Gasteiger partial charge on any atom is -0.396 e. The Kier molecular flexibility index (Phi) is 5.97. The van der Waals surface area contributed by atoms with Gasteiger partial charge in [0.25, 0.3) is 0 Å². The van der Waals surface area contributed by atoms with Crippen molar-refractivity contribution >= 4 is 0 Å². The number of hydrogen-bond donors (Lipinski definition) is 4. The second-order valence-electron chi connectivity index (χ2n) is 14.4. The van der Waals surface area contributed by atoms with Gasteiger partial charge in [0.15, 0.2) is 0 Å². The molecule has 0 aromatic carbocycles. The van der Waals surface area contributed by atoms with Gasteiger partial charge in [-0.25, -0.2) is 0 Å².